The van der Waals surface area contributed by atoms with E-state index >= 15 is 0 Å². The third kappa shape index (κ3) is 8.91. The van der Waals surface area contributed by atoms with Gasteiger partial charge in [0.05, 0.1) is 0 Å². The van der Waals surface area contributed by atoms with Gasteiger partial charge in [-0.1, -0.05) is 71.1 Å². The van der Waals surface area contributed by atoms with Gasteiger partial charge in [0.2, 0.25) is 0 Å². The molecule has 0 fully saturated rings. The van der Waals surface area contributed by atoms with Gasteiger partial charge in [0, 0.05) is 21.3 Å². The van der Waals surface area contributed by atoms with E-state index in [9.17, 15) is 4.39 Å². The molecule has 0 spiro atoms. The van der Waals surface area contributed by atoms with E-state index in [4.69, 9.17) is 13.3 Å². The second kappa shape index (κ2) is 13.7. The average Bonchev–Trinajstić information content (AvgIpc) is 2.51. The molecule has 0 aliphatic heterocycles. The predicted octanol–water partition coefficient (Wildman–Crippen LogP) is 5.05. The number of rotatable bonds is 15. The summed E-state index contributed by atoms with van der Waals surface area (Å²) in [5.74, 6) is -1.12. The lowest BCUT2D eigenvalue weighted by Crippen LogP contribution is -2.52. The van der Waals surface area contributed by atoms with Crippen LogP contribution >= 0.6 is 0 Å². The van der Waals surface area contributed by atoms with E-state index in [0.717, 1.165) is 12.8 Å². The molecule has 0 heterocycles. The summed E-state index contributed by atoms with van der Waals surface area (Å²) >= 11 is 0. The first-order valence-corrected chi connectivity index (χ1v) is 10.3. The Hall–Kier alpha value is 0.0269. The van der Waals surface area contributed by atoms with E-state index in [2.05, 4.69) is 6.92 Å². The fourth-order valence-electron chi connectivity index (χ4n) is 2.62. The third-order valence-corrected chi connectivity index (χ3v) is 6.81. The lowest BCUT2D eigenvalue weighted by molar-refractivity contribution is 0.0853. The van der Waals surface area contributed by atoms with Gasteiger partial charge in [-0.3, -0.25) is 0 Å². The molecular formula is C16H35FO3Si. The fraction of sp³-hybridized carbons (Fsp3) is 1.00. The summed E-state index contributed by atoms with van der Waals surface area (Å²) in [6.45, 7) is 2.24. The Morgan fingerprint density at radius 2 is 1.10 bits per heavy atom. The highest BCUT2D eigenvalue weighted by atomic mass is 28.4. The molecule has 1 atom stereocenters. The van der Waals surface area contributed by atoms with E-state index in [1.807, 2.05) is 0 Å². The summed E-state index contributed by atoms with van der Waals surface area (Å²) in [6, 6.07) is 0. The molecule has 0 bridgehead atoms. The standard InChI is InChI=1S/C16H35FO3Si/c1-5-6-7-8-9-10-11-12-13-14-15-16(17)21(18-2,19-3)20-4/h16H,5-15H2,1-4H3. The van der Waals surface area contributed by atoms with Crippen molar-refractivity contribution < 1.29 is 17.7 Å². The maximum absolute atomic E-state index is 14.2. The number of halogens is 1. The van der Waals surface area contributed by atoms with Crippen molar-refractivity contribution in [2.75, 3.05) is 21.3 Å². The van der Waals surface area contributed by atoms with Crippen LogP contribution in [0.5, 0.6) is 0 Å². The van der Waals surface area contributed by atoms with Gasteiger partial charge < -0.3 is 13.3 Å². The van der Waals surface area contributed by atoms with Crippen LogP contribution in [0.25, 0.3) is 0 Å². The number of hydrogen-bond donors (Lipinski definition) is 0. The summed E-state index contributed by atoms with van der Waals surface area (Å²) in [5, 5.41) is 0. The van der Waals surface area contributed by atoms with E-state index in [-0.39, 0.29) is 0 Å². The quantitative estimate of drug-likeness (QED) is 0.312. The Balaban J connectivity index is 3.53. The van der Waals surface area contributed by atoms with Crippen molar-refractivity contribution in [1.82, 2.24) is 0 Å². The van der Waals surface area contributed by atoms with Crippen LogP contribution in [0.15, 0.2) is 0 Å². The van der Waals surface area contributed by atoms with Gasteiger partial charge in [0.25, 0.3) is 0 Å². The number of unbranched alkanes of at least 4 members (excludes halogenated alkanes) is 9. The van der Waals surface area contributed by atoms with Crippen molar-refractivity contribution >= 4 is 8.80 Å². The Bertz CT molecular complexity index is 217. The maximum atomic E-state index is 14.2. The molecule has 0 aliphatic carbocycles. The Morgan fingerprint density at radius 1 is 0.714 bits per heavy atom. The molecular weight excluding hydrogens is 287 g/mol. The van der Waals surface area contributed by atoms with E-state index < -0.39 is 14.6 Å². The van der Waals surface area contributed by atoms with Crippen LogP contribution in [-0.2, 0) is 13.3 Å². The molecule has 0 amide bonds. The van der Waals surface area contributed by atoms with Crippen molar-refractivity contribution in [1.29, 1.82) is 0 Å². The van der Waals surface area contributed by atoms with Crippen molar-refractivity contribution in [3.63, 3.8) is 0 Å². The second-order valence-electron chi connectivity index (χ2n) is 5.65. The van der Waals surface area contributed by atoms with Gasteiger partial charge in [-0.15, -0.1) is 0 Å². The molecule has 128 valence electrons. The molecule has 0 aromatic carbocycles. The van der Waals surface area contributed by atoms with Gasteiger partial charge in [0.1, 0.15) is 0 Å². The minimum absolute atomic E-state index is 0.470. The summed E-state index contributed by atoms with van der Waals surface area (Å²) in [6.07, 6.45) is 13.0. The van der Waals surface area contributed by atoms with Gasteiger partial charge in [-0.25, -0.2) is 4.39 Å². The monoisotopic (exact) mass is 322 g/mol. The molecule has 0 aliphatic rings. The lowest BCUT2D eigenvalue weighted by atomic mass is 10.1. The Labute approximate surface area is 131 Å². The lowest BCUT2D eigenvalue weighted by Gasteiger charge is -2.27. The van der Waals surface area contributed by atoms with Gasteiger partial charge in [-0.05, 0) is 6.42 Å². The SMILES string of the molecule is CCCCCCCCCCCCC(F)[Si](OC)(OC)OC. The van der Waals surface area contributed by atoms with Crippen molar-refractivity contribution in [2.24, 2.45) is 0 Å². The summed E-state index contributed by atoms with van der Waals surface area (Å²) in [4.78, 5) is 0. The molecule has 0 N–H and O–H groups in total. The molecule has 0 radical (unpaired) electrons. The normalized spacial score (nSPS) is 13.6. The second-order valence-corrected chi connectivity index (χ2v) is 8.71. The summed E-state index contributed by atoms with van der Waals surface area (Å²) in [7, 11) is 1.31. The van der Waals surface area contributed by atoms with Crippen LogP contribution in [0, 0.1) is 0 Å². The number of hydrogen-bond acceptors (Lipinski definition) is 3. The predicted molar refractivity (Wildman–Crippen MR) is 88.1 cm³/mol. The van der Waals surface area contributed by atoms with Crippen LogP contribution in [0.3, 0.4) is 0 Å². The average molecular weight is 323 g/mol. The highest BCUT2D eigenvalue weighted by Gasteiger charge is 2.47. The Kier molecular flexibility index (Phi) is 13.7. The van der Waals surface area contributed by atoms with Crippen LogP contribution < -0.4 is 0 Å². The maximum Gasteiger partial charge on any atom is 0.536 e. The van der Waals surface area contributed by atoms with Gasteiger partial charge >= 0.3 is 8.80 Å². The molecule has 1 unspecified atom stereocenters. The van der Waals surface area contributed by atoms with E-state index in [1.165, 1.54) is 72.7 Å². The van der Waals surface area contributed by atoms with Crippen LogP contribution in [-0.4, -0.2) is 35.9 Å². The first kappa shape index (κ1) is 21.0. The molecule has 3 nitrogen and oxygen atoms in total. The largest absolute Gasteiger partial charge is 0.536 e. The van der Waals surface area contributed by atoms with Crippen LogP contribution in [0.2, 0.25) is 0 Å². The van der Waals surface area contributed by atoms with E-state index in [0.29, 0.717) is 6.42 Å². The number of alkyl halides is 1. The summed E-state index contributed by atoms with van der Waals surface area (Å²) < 4.78 is 29.6. The third-order valence-electron chi connectivity index (χ3n) is 4.05. The topological polar surface area (TPSA) is 27.7 Å². The molecule has 0 rings (SSSR count). The van der Waals surface area contributed by atoms with Crippen molar-refractivity contribution in [2.45, 2.75) is 83.3 Å². The molecule has 0 saturated carbocycles. The highest BCUT2D eigenvalue weighted by molar-refractivity contribution is 6.62. The van der Waals surface area contributed by atoms with Gasteiger partial charge in [-0.2, -0.15) is 0 Å². The zero-order chi connectivity index (χ0) is 16.0. The minimum atomic E-state index is -3.08. The van der Waals surface area contributed by atoms with Crippen LogP contribution in [0.4, 0.5) is 4.39 Å². The Morgan fingerprint density at radius 3 is 1.48 bits per heavy atom. The smallest absolute Gasteiger partial charge is 0.375 e. The van der Waals surface area contributed by atoms with Crippen molar-refractivity contribution in [3.05, 3.63) is 0 Å². The van der Waals surface area contributed by atoms with Gasteiger partial charge in [0.15, 0.2) is 5.79 Å². The van der Waals surface area contributed by atoms with Crippen molar-refractivity contribution in [3.8, 4) is 0 Å². The zero-order valence-electron chi connectivity index (χ0n) is 14.5. The molecule has 0 saturated heterocycles. The van der Waals surface area contributed by atoms with Crippen LogP contribution in [0.1, 0.15) is 77.6 Å². The zero-order valence-corrected chi connectivity index (χ0v) is 15.5. The fourth-order valence-corrected chi connectivity index (χ4v) is 4.45. The minimum Gasteiger partial charge on any atom is -0.375 e. The molecule has 21 heavy (non-hydrogen) atoms. The summed E-state index contributed by atoms with van der Waals surface area (Å²) in [5.41, 5.74) is 0. The molecule has 0 aromatic rings. The molecule has 0 aromatic heterocycles. The molecule has 5 heteroatoms. The highest BCUT2D eigenvalue weighted by Crippen LogP contribution is 2.21. The first-order chi connectivity index (χ1) is 10.2. The van der Waals surface area contributed by atoms with E-state index in [1.54, 1.807) is 0 Å². The first-order valence-electron chi connectivity index (χ1n) is 8.46.